The molecule has 1 fully saturated rings. The third kappa shape index (κ3) is 2.22. The van der Waals surface area contributed by atoms with Gasteiger partial charge in [0.25, 0.3) is 0 Å². The monoisotopic (exact) mass is 376 g/mol. The molecule has 26 heavy (non-hydrogen) atoms. The molecule has 1 aliphatic carbocycles. The van der Waals surface area contributed by atoms with E-state index in [2.05, 4.69) is 0 Å². The van der Waals surface area contributed by atoms with Gasteiger partial charge in [0, 0.05) is 5.92 Å². The number of benzene rings is 2. The van der Waals surface area contributed by atoms with Gasteiger partial charge in [-0.15, -0.1) is 0 Å². The zero-order valence-electron chi connectivity index (χ0n) is 13.5. The SMILES string of the molecule is O=C(O)[C@]1(CO)[C@@H](c2ccc3c(c2)OCO3)[C@@H]1S(=O)(=O)c1ccccc1. The predicted molar refractivity (Wildman–Crippen MR) is 89.9 cm³/mol. The van der Waals surface area contributed by atoms with E-state index >= 15 is 0 Å². The fraction of sp³-hybridized carbons (Fsp3) is 0.278. The molecule has 2 N–H and O–H groups in total. The predicted octanol–water partition coefficient (Wildman–Crippen LogP) is 1.42. The van der Waals surface area contributed by atoms with Crippen LogP contribution in [0.2, 0.25) is 0 Å². The average Bonchev–Trinajstić information content (AvgIpc) is 3.15. The molecule has 4 rings (SSSR count). The van der Waals surface area contributed by atoms with Crippen LogP contribution < -0.4 is 9.47 Å². The Hall–Kier alpha value is -2.58. The van der Waals surface area contributed by atoms with Crippen LogP contribution in [0.4, 0.5) is 0 Å². The second kappa shape index (κ2) is 5.72. The van der Waals surface area contributed by atoms with Crippen molar-refractivity contribution in [2.45, 2.75) is 16.1 Å². The molecular weight excluding hydrogens is 360 g/mol. The lowest BCUT2D eigenvalue weighted by molar-refractivity contribution is -0.145. The van der Waals surface area contributed by atoms with E-state index in [0.29, 0.717) is 17.1 Å². The van der Waals surface area contributed by atoms with Gasteiger partial charge in [0.1, 0.15) is 5.41 Å². The van der Waals surface area contributed by atoms with Crippen molar-refractivity contribution in [2.24, 2.45) is 5.41 Å². The molecular formula is C18H16O7S. The van der Waals surface area contributed by atoms with Crippen LogP contribution in [0, 0.1) is 5.41 Å². The molecule has 2 aromatic rings. The van der Waals surface area contributed by atoms with Gasteiger partial charge in [-0.25, -0.2) is 8.42 Å². The lowest BCUT2D eigenvalue weighted by Gasteiger charge is -2.09. The van der Waals surface area contributed by atoms with Crippen LogP contribution in [0.5, 0.6) is 11.5 Å². The van der Waals surface area contributed by atoms with Crippen molar-refractivity contribution in [2.75, 3.05) is 13.4 Å². The maximum atomic E-state index is 13.1. The molecule has 1 aliphatic heterocycles. The molecule has 7 nitrogen and oxygen atoms in total. The van der Waals surface area contributed by atoms with Gasteiger partial charge in [0.05, 0.1) is 16.8 Å². The minimum atomic E-state index is -3.95. The summed E-state index contributed by atoms with van der Waals surface area (Å²) in [5, 5.41) is 18.3. The highest BCUT2D eigenvalue weighted by Crippen LogP contribution is 2.64. The molecule has 2 aromatic carbocycles. The minimum Gasteiger partial charge on any atom is -0.481 e. The molecule has 1 saturated carbocycles. The highest BCUT2D eigenvalue weighted by Gasteiger charge is 2.75. The van der Waals surface area contributed by atoms with Crippen molar-refractivity contribution in [3.05, 3.63) is 54.1 Å². The molecule has 0 unspecified atom stereocenters. The standard InChI is InChI=1S/C18H16O7S/c19-9-18(17(20)21)15(11-6-7-13-14(8-11)25-10-24-13)16(18)26(22,23)12-4-2-1-3-5-12/h1-8,15-16,19H,9-10H2,(H,20,21)/t15-,16-,18+/m0/s1. The van der Waals surface area contributed by atoms with Crippen LogP contribution in [0.15, 0.2) is 53.4 Å². The zero-order chi connectivity index (χ0) is 18.5. The summed E-state index contributed by atoms with van der Waals surface area (Å²) >= 11 is 0. The van der Waals surface area contributed by atoms with Gasteiger partial charge in [-0.05, 0) is 29.8 Å². The Morgan fingerprint density at radius 2 is 1.81 bits per heavy atom. The molecule has 0 spiro atoms. The fourth-order valence-corrected chi connectivity index (χ4v) is 6.09. The van der Waals surface area contributed by atoms with Crippen molar-refractivity contribution in [1.29, 1.82) is 0 Å². The number of aliphatic hydroxyl groups is 1. The fourth-order valence-electron chi connectivity index (χ4n) is 3.71. The molecule has 2 aliphatic rings. The highest BCUT2D eigenvalue weighted by atomic mass is 32.2. The van der Waals surface area contributed by atoms with E-state index in [1.807, 2.05) is 0 Å². The van der Waals surface area contributed by atoms with E-state index in [9.17, 15) is 23.4 Å². The number of carboxylic acids is 1. The summed E-state index contributed by atoms with van der Waals surface area (Å²) in [6, 6.07) is 12.5. The number of aliphatic carboxylic acids is 1. The lowest BCUT2D eigenvalue weighted by atomic mass is 10.00. The van der Waals surface area contributed by atoms with E-state index in [-0.39, 0.29) is 11.7 Å². The first kappa shape index (κ1) is 16.9. The van der Waals surface area contributed by atoms with E-state index < -0.39 is 39.0 Å². The number of aliphatic hydroxyl groups excluding tert-OH is 1. The van der Waals surface area contributed by atoms with Crippen LogP contribution in [-0.2, 0) is 14.6 Å². The third-order valence-electron chi connectivity index (χ3n) is 5.08. The molecule has 0 amide bonds. The average molecular weight is 376 g/mol. The van der Waals surface area contributed by atoms with Crippen LogP contribution >= 0.6 is 0 Å². The number of fused-ring (bicyclic) bond motifs is 1. The molecule has 0 aromatic heterocycles. The van der Waals surface area contributed by atoms with Crippen LogP contribution in [0.1, 0.15) is 11.5 Å². The van der Waals surface area contributed by atoms with Gasteiger partial charge in [0.2, 0.25) is 6.79 Å². The number of hydrogen-bond donors (Lipinski definition) is 2. The summed E-state index contributed by atoms with van der Waals surface area (Å²) in [4.78, 5) is 12.0. The zero-order valence-corrected chi connectivity index (χ0v) is 14.3. The van der Waals surface area contributed by atoms with E-state index in [4.69, 9.17) is 9.47 Å². The number of rotatable bonds is 5. The van der Waals surface area contributed by atoms with Crippen molar-refractivity contribution < 1.29 is 32.9 Å². The van der Waals surface area contributed by atoms with Gasteiger partial charge < -0.3 is 19.7 Å². The van der Waals surface area contributed by atoms with Crippen molar-refractivity contribution in [1.82, 2.24) is 0 Å². The first-order valence-electron chi connectivity index (χ1n) is 7.95. The summed E-state index contributed by atoms with van der Waals surface area (Å²) in [6.45, 7) is -0.725. The number of ether oxygens (including phenoxy) is 2. The molecule has 0 saturated heterocycles. The Morgan fingerprint density at radius 3 is 2.46 bits per heavy atom. The van der Waals surface area contributed by atoms with Crippen LogP contribution in [0.25, 0.3) is 0 Å². The van der Waals surface area contributed by atoms with Gasteiger partial charge in [-0.2, -0.15) is 0 Å². The number of carbonyl (C=O) groups is 1. The lowest BCUT2D eigenvalue weighted by Crippen LogP contribution is -2.27. The largest absolute Gasteiger partial charge is 0.481 e. The maximum absolute atomic E-state index is 13.1. The Labute approximate surface area is 149 Å². The van der Waals surface area contributed by atoms with Gasteiger partial charge in [0.15, 0.2) is 21.3 Å². The maximum Gasteiger partial charge on any atom is 0.314 e. The Morgan fingerprint density at radius 1 is 1.12 bits per heavy atom. The Kier molecular flexibility index (Phi) is 3.71. The molecule has 3 atom stereocenters. The molecule has 136 valence electrons. The molecule has 0 radical (unpaired) electrons. The summed E-state index contributed by atoms with van der Waals surface area (Å²) in [7, 11) is -3.95. The van der Waals surface area contributed by atoms with Crippen LogP contribution in [-0.4, -0.2) is 43.2 Å². The number of sulfone groups is 1. The van der Waals surface area contributed by atoms with E-state index in [0.717, 1.165) is 0 Å². The van der Waals surface area contributed by atoms with E-state index in [1.165, 1.54) is 12.1 Å². The number of carboxylic acid groups (broad SMARTS) is 1. The summed E-state index contributed by atoms with van der Waals surface area (Å²) in [6.07, 6.45) is 0. The Balaban J connectivity index is 1.81. The smallest absolute Gasteiger partial charge is 0.314 e. The molecule has 1 heterocycles. The van der Waals surface area contributed by atoms with Crippen molar-refractivity contribution in [3.63, 3.8) is 0 Å². The third-order valence-corrected chi connectivity index (χ3v) is 7.37. The number of hydrogen-bond acceptors (Lipinski definition) is 6. The minimum absolute atomic E-state index is 0.0346. The Bertz CT molecular complexity index is 970. The van der Waals surface area contributed by atoms with Gasteiger partial charge >= 0.3 is 5.97 Å². The van der Waals surface area contributed by atoms with Crippen molar-refractivity contribution in [3.8, 4) is 11.5 Å². The highest BCUT2D eigenvalue weighted by molar-refractivity contribution is 7.92. The second-order valence-corrected chi connectivity index (χ2v) is 8.44. The van der Waals surface area contributed by atoms with E-state index in [1.54, 1.807) is 36.4 Å². The first-order valence-corrected chi connectivity index (χ1v) is 9.50. The molecule has 8 heteroatoms. The second-order valence-electron chi connectivity index (χ2n) is 6.37. The normalized spacial score (nSPS) is 26.5. The summed E-state index contributed by atoms with van der Waals surface area (Å²) < 4.78 is 36.7. The van der Waals surface area contributed by atoms with Crippen LogP contribution in [0.3, 0.4) is 0 Å². The molecule has 0 bridgehead atoms. The van der Waals surface area contributed by atoms with Gasteiger partial charge in [-0.1, -0.05) is 24.3 Å². The topological polar surface area (TPSA) is 110 Å². The summed E-state index contributed by atoms with van der Waals surface area (Å²) in [5.41, 5.74) is -1.31. The first-order chi connectivity index (χ1) is 12.4. The summed E-state index contributed by atoms with van der Waals surface area (Å²) in [5.74, 6) is -1.28. The quantitative estimate of drug-likeness (QED) is 0.812. The van der Waals surface area contributed by atoms with Gasteiger partial charge in [-0.3, -0.25) is 4.79 Å². The van der Waals surface area contributed by atoms with Crippen molar-refractivity contribution >= 4 is 15.8 Å².